The highest BCUT2D eigenvalue weighted by molar-refractivity contribution is 6.35. The molecule has 1 heterocycles. The number of hydrogen-bond acceptors (Lipinski definition) is 3. The van der Waals surface area contributed by atoms with Crippen LogP contribution in [-0.4, -0.2) is 37.2 Å². The van der Waals surface area contributed by atoms with Crippen molar-refractivity contribution in [2.75, 3.05) is 26.2 Å². The Kier molecular flexibility index (Phi) is 5.34. The molecule has 0 saturated carbocycles. The van der Waals surface area contributed by atoms with Crippen LogP contribution < -0.4 is 10.5 Å². The number of likely N-dealkylation sites (tertiary alicyclic amines) is 1. The van der Waals surface area contributed by atoms with Crippen LogP contribution >= 0.6 is 23.2 Å². The maximum absolute atomic E-state index is 6.05. The monoisotopic (exact) mass is 302 g/mol. The summed E-state index contributed by atoms with van der Waals surface area (Å²) >= 11 is 11.9. The van der Waals surface area contributed by atoms with Gasteiger partial charge in [0.15, 0.2) is 0 Å². The first kappa shape index (κ1) is 14.9. The Hall–Kier alpha value is -0.480. The molecule has 2 unspecified atom stereocenters. The first-order chi connectivity index (χ1) is 9.06. The van der Waals surface area contributed by atoms with E-state index < -0.39 is 0 Å². The minimum atomic E-state index is 0.336. The van der Waals surface area contributed by atoms with Crippen molar-refractivity contribution in [3.8, 4) is 5.75 Å². The van der Waals surface area contributed by atoms with Crippen molar-refractivity contribution < 1.29 is 4.74 Å². The topological polar surface area (TPSA) is 38.5 Å². The fourth-order valence-electron chi connectivity index (χ4n) is 2.33. The van der Waals surface area contributed by atoms with Crippen LogP contribution in [-0.2, 0) is 0 Å². The summed E-state index contributed by atoms with van der Waals surface area (Å²) in [5.41, 5.74) is 6.01. The van der Waals surface area contributed by atoms with Gasteiger partial charge in [0.25, 0.3) is 0 Å². The van der Waals surface area contributed by atoms with Gasteiger partial charge in [-0.3, -0.25) is 4.90 Å². The summed E-state index contributed by atoms with van der Waals surface area (Å²) in [6, 6.07) is 5.62. The molecule has 0 bridgehead atoms. The second-order valence-electron chi connectivity index (χ2n) is 5.15. The summed E-state index contributed by atoms with van der Waals surface area (Å²) in [5.74, 6) is 1.24. The Morgan fingerprint density at radius 2 is 2.21 bits per heavy atom. The third-order valence-electron chi connectivity index (χ3n) is 3.61. The second-order valence-corrected chi connectivity index (χ2v) is 6.00. The lowest BCUT2D eigenvalue weighted by Gasteiger charge is -2.34. The largest absolute Gasteiger partial charge is 0.491 e. The maximum Gasteiger partial charge on any atom is 0.138 e. The molecular weight excluding hydrogens is 283 g/mol. The lowest BCUT2D eigenvalue weighted by Crippen LogP contribution is -2.46. The summed E-state index contributed by atoms with van der Waals surface area (Å²) in [6.07, 6.45) is 1.06. The number of halogens is 2. The van der Waals surface area contributed by atoms with Crippen LogP contribution in [0.3, 0.4) is 0 Å². The van der Waals surface area contributed by atoms with Gasteiger partial charge < -0.3 is 10.5 Å². The normalized spacial score (nSPS) is 24.4. The smallest absolute Gasteiger partial charge is 0.138 e. The van der Waals surface area contributed by atoms with Crippen LogP contribution in [0.2, 0.25) is 10.0 Å². The van der Waals surface area contributed by atoms with E-state index >= 15 is 0 Å². The van der Waals surface area contributed by atoms with E-state index in [1.165, 1.54) is 0 Å². The van der Waals surface area contributed by atoms with Crippen LogP contribution in [0.1, 0.15) is 13.3 Å². The van der Waals surface area contributed by atoms with Gasteiger partial charge >= 0.3 is 0 Å². The highest BCUT2D eigenvalue weighted by Crippen LogP contribution is 2.27. The van der Waals surface area contributed by atoms with Crippen LogP contribution in [0.25, 0.3) is 0 Å². The summed E-state index contributed by atoms with van der Waals surface area (Å²) in [4.78, 5) is 2.39. The van der Waals surface area contributed by atoms with Gasteiger partial charge in [-0.1, -0.05) is 30.1 Å². The summed E-state index contributed by atoms with van der Waals surface area (Å²) in [6.45, 7) is 5.81. The molecule has 1 fully saturated rings. The predicted molar refractivity (Wildman–Crippen MR) is 80.2 cm³/mol. The highest BCUT2D eigenvalue weighted by atomic mass is 35.5. The Balaban J connectivity index is 1.77. The van der Waals surface area contributed by atoms with Gasteiger partial charge in [0.1, 0.15) is 12.4 Å². The van der Waals surface area contributed by atoms with Crippen LogP contribution in [0.5, 0.6) is 5.75 Å². The van der Waals surface area contributed by atoms with E-state index in [-0.39, 0.29) is 0 Å². The number of rotatable bonds is 4. The van der Waals surface area contributed by atoms with Crippen molar-refractivity contribution >= 4 is 23.2 Å². The van der Waals surface area contributed by atoms with Gasteiger partial charge in [-0.25, -0.2) is 0 Å². The standard InChI is InChI=1S/C14H20Cl2N2O/c1-10-9-18(5-4-13(10)17)6-7-19-14-3-2-11(15)8-12(14)16/h2-3,8,10,13H,4-7,9,17H2,1H3. The van der Waals surface area contributed by atoms with Crippen molar-refractivity contribution in [1.29, 1.82) is 0 Å². The summed E-state index contributed by atoms with van der Waals surface area (Å²) in [7, 11) is 0. The van der Waals surface area contributed by atoms with E-state index in [0.717, 1.165) is 26.1 Å². The average Bonchev–Trinajstić information content (AvgIpc) is 2.36. The van der Waals surface area contributed by atoms with Crippen LogP contribution in [0, 0.1) is 5.92 Å². The highest BCUT2D eigenvalue weighted by Gasteiger charge is 2.22. The minimum Gasteiger partial charge on any atom is -0.491 e. The molecule has 2 atom stereocenters. The molecule has 2 N–H and O–H groups in total. The molecule has 1 aromatic rings. The van der Waals surface area contributed by atoms with Crippen molar-refractivity contribution in [3.05, 3.63) is 28.2 Å². The zero-order valence-corrected chi connectivity index (χ0v) is 12.6. The molecular formula is C14H20Cl2N2O. The van der Waals surface area contributed by atoms with E-state index in [9.17, 15) is 0 Å². The van der Waals surface area contributed by atoms with Crippen molar-refractivity contribution in [1.82, 2.24) is 4.90 Å². The van der Waals surface area contributed by atoms with Crippen LogP contribution in [0.15, 0.2) is 18.2 Å². The number of nitrogens with zero attached hydrogens (tertiary/aromatic N) is 1. The van der Waals surface area contributed by atoms with Crippen molar-refractivity contribution in [3.63, 3.8) is 0 Å². The molecule has 19 heavy (non-hydrogen) atoms. The SMILES string of the molecule is CC1CN(CCOc2ccc(Cl)cc2Cl)CCC1N. The van der Waals surface area contributed by atoms with E-state index in [1.807, 2.05) is 0 Å². The zero-order valence-electron chi connectivity index (χ0n) is 11.1. The lowest BCUT2D eigenvalue weighted by molar-refractivity contribution is 0.140. The molecule has 1 saturated heterocycles. The molecule has 1 aliphatic rings. The first-order valence-electron chi connectivity index (χ1n) is 6.62. The maximum atomic E-state index is 6.05. The first-order valence-corrected chi connectivity index (χ1v) is 7.37. The minimum absolute atomic E-state index is 0.336. The Morgan fingerprint density at radius 3 is 2.89 bits per heavy atom. The number of nitrogens with two attached hydrogens (primary N) is 1. The van der Waals surface area contributed by atoms with Gasteiger partial charge in [-0.2, -0.15) is 0 Å². The Morgan fingerprint density at radius 1 is 1.42 bits per heavy atom. The molecule has 5 heteroatoms. The predicted octanol–water partition coefficient (Wildman–Crippen LogP) is 3.04. The number of piperidine rings is 1. The molecule has 3 nitrogen and oxygen atoms in total. The van der Waals surface area contributed by atoms with E-state index in [0.29, 0.717) is 34.4 Å². The molecule has 0 radical (unpaired) electrons. The fourth-order valence-corrected chi connectivity index (χ4v) is 2.79. The van der Waals surface area contributed by atoms with Gasteiger partial charge in [0.05, 0.1) is 5.02 Å². The van der Waals surface area contributed by atoms with Gasteiger partial charge in [0.2, 0.25) is 0 Å². The number of benzene rings is 1. The van der Waals surface area contributed by atoms with E-state index in [1.54, 1.807) is 18.2 Å². The quantitative estimate of drug-likeness (QED) is 0.929. The third kappa shape index (κ3) is 4.25. The number of hydrogen-bond donors (Lipinski definition) is 1. The number of ether oxygens (including phenoxy) is 1. The zero-order chi connectivity index (χ0) is 13.8. The summed E-state index contributed by atoms with van der Waals surface area (Å²) < 4.78 is 5.69. The molecule has 2 rings (SSSR count). The molecule has 0 amide bonds. The Labute approximate surface area is 124 Å². The van der Waals surface area contributed by atoms with Gasteiger partial charge in [-0.05, 0) is 37.1 Å². The Bertz CT molecular complexity index is 428. The van der Waals surface area contributed by atoms with Crippen molar-refractivity contribution in [2.24, 2.45) is 11.7 Å². The van der Waals surface area contributed by atoms with Gasteiger partial charge in [-0.15, -0.1) is 0 Å². The fraction of sp³-hybridized carbons (Fsp3) is 0.571. The molecule has 0 aliphatic carbocycles. The second kappa shape index (κ2) is 6.80. The molecule has 1 aromatic carbocycles. The molecule has 106 valence electrons. The third-order valence-corrected chi connectivity index (χ3v) is 4.15. The average molecular weight is 303 g/mol. The molecule has 1 aliphatic heterocycles. The van der Waals surface area contributed by atoms with Gasteiger partial charge in [0, 0.05) is 24.2 Å². The van der Waals surface area contributed by atoms with E-state index in [4.69, 9.17) is 33.7 Å². The molecule has 0 spiro atoms. The van der Waals surface area contributed by atoms with Crippen molar-refractivity contribution in [2.45, 2.75) is 19.4 Å². The molecule has 0 aromatic heterocycles. The van der Waals surface area contributed by atoms with Crippen LogP contribution in [0.4, 0.5) is 0 Å². The van der Waals surface area contributed by atoms with E-state index in [2.05, 4.69) is 11.8 Å². The lowest BCUT2D eigenvalue weighted by atomic mass is 9.95. The summed E-state index contributed by atoms with van der Waals surface area (Å²) in [5, 5.41) is 1.18.